The van der Waals surface area contributed by atoms with Crippen LogP contribution < -0.4 is 0 Å². The van der Waals surface area contributed by atoms with E-state index in [0.717, 1.165) is 24.8 Å². The van der Waals surface area contributed by atoms with Gasteiger partial charge in [0.2, 0.25) is 0 Å². The molecule has 0 nitrogen and oxygen atoms in total. The van der Waals surface area contributed by atoms with Gasteiger partial charge < -0.3 is 0 Å². The summed E-state index contributed by atoms with van der Waals surface area (Å²) in [6.07, 6.45) is 3.05. The molecule has 0 unspecified atom stereocenters. The highest BCUT2D eigenvalue weighted by Gasteiger charge is 2.16. The van der Waals surface area contributed by atoms with E-state index in [9.17, 15) is 4.39 Å². The Labute approximate surface area is 101 Å². The van der Waals surface area contributed by atoms with Crippen molar-refractivity contribution in [1.82, 2.24) is 0 Å². The minimum Gasteiger partial charge on any atom is -0.207 e. The number of hydrogen-bond acceptors (Lipinski definition) is 0. The molecule has 0 bridgehead atoms. The molecule has 2 aromatic carbocycles. The van der Waals surface area contributed by atoms with Crippen LogP contribution in [0.3, 0.4) is 0 Å². The summed E-state index contributed by atoms with van der Waals surface area (Å²) in [5, 5.41) is 0. The van der Waals surface area contributed by atoms with Gasteiger partial charge in [-0.05, 0) is 59.2 Å². The summed E-state index contributed by atoms with van der Waals surface area (Å²) in [6.45, 7) is 2.17. The summed E-state index contributed by atoms with van der Waals surface area (Å²) in [4.78, 5) is 0. The fraction of sp³-hybridized carbons (Fsp3) is 0.250. The van der Waals surface area contributed by atoms with Crippen molar-refractivity contribution in [2.24, 2.45) is 0 Å². The minimum atomic E-state index is -0.127. The predicted molar refractivity (Wildman–Crippen MR) is 68.6 cm³/mol. The van der Waals surface area contributed by atoms with Crippen LogP contribution in [0.15, 0.2) is 36.4 Å². The van der Waals surface area contributed by atoms with Crippen molar-refractivity contribution in [1.29, 1.82) is 0 Å². The average molecular weight is 226 g/mol. The summed E-state index contributed by atoms with van der Waals surface area (Å²) in [5.41, 5.74) is 6.42. The van der Waals surface area contributed by atoms with Crippen LogP contribution in [0.25, 0.3) is 11.1 Å². The smallest absolute Gasteiger partial charge is 0.123 e. The van der Waals surface area contributed by atoms with Crippen molar-refractivity contribution in [3.63, 3.8) is 0 Å². The third kappa shape index (κ3) is 1.76. The number of rotatable bonds is 1. The van der Waals surface area contributed by atoms with Gasteiger partial charge in [-0.3, -0.25) is 0 Å². The van der Waals surface area contributed by atoms with E-state index in [2.05, 4.69) is 25.1 Å². The van der Waals surface area contributed by atoms with Gasteiger partial charge in [-0.1, -0.05) is 31.2 Å². The molecule has 2 aromatic rings. The molecule has 86 valence electrons. The second kappa shape index (κ2) is 3.99. The van der Waals surface area contributed by atoms with Crippen LogP contribution in [0.2, 0.25) is 0 Å². The molecule has 1 heteroatoms. The van der Waals surface area contributed by atoms with E-state index in [0.29, 0.717) is 0 Å². The fourth-order valence-corrected chi connectivity index (χ4v) is 2.64. The molecule has 0 N–H and O–H groups in total. The van der Waals surface area contributed by atoms with Crippen molar-refractivity contribution < 1.29 is 4.39 Å². The SMILES string of the molecule is CCc1ccc2c(c1)CCc1cc(F)ccc1-2. The molecule has 0 amide bonds. The molecular formula is C16H15F. The van der Waals surface area contributed by atoms with Gasteiger partial charge in [0.25, 0.3) is 0 Å². The van der Waals surface area contributed by atoms with Gasteiger partial charge in [0.1, 0.15) is 5.82 Å². The normalized spacial score (nSPS) is 13.1. The monoisotopic (exact) mass is 226 g/mol. The van der Waals surface area contributed by atoms with E-state index in [-0.39, 0.29) is 5.82 Å². The molecule has 0 saturated heterocycles. The Morgan fingerprint density at radius 2 is 1.59 bits per heavy atom. The lowest BCUT2D eigenvalue weighted by molar-refractivity contribution is 0.625. The first-order chi connectivity index (χ1) is 8.28. The third-order valence-corrected chi connectivity index (χ3v) is 3.60. The highest BCUT2D eigenvalue weighted by Crippen LogP contribution is 2.34. The fourth-order valence-electron chi connectivity index (χ4n) is 2.64. The maximum absolute atomic E-state index is 13.2. The first-order valence-corrected chi connectivity index (χ1v) is 6.18. The molecule has 1 aliphatic carbocycles. The van der Waals surface area contributed by atoms with Crippen LogP contribution in [0.4, 0.5) is 4.39 Å². The second-order valence-electron chi connectivity index (χ2n) is 4.65. The van der Waals surface area contributed by atoms with Crippen LogP contribution >= 0.6 is 0 Å². The van der Waals surface area contributed by atoms with E-state index in [1.54, 1.807) is 12.1 Å². The molecule has 3 rings (SSSR count). The lowest BCUT2D eigenvalue weighted by Gasteiger charge is -2.20. The Kier molecular flexibility index (Phi) is 2.47. The van der Waals surface area contributed by atoms with Crippen LogP contribution in [0.1, 0.15) is 23.6 Å². The summed E-state index contributed by atoms with van der Waals surface area (Å²) >= 11 is 0. The summed E-state index contributed by atoms with van der Waals surface area (Å²) in [7, 11) is 0. The standard InChI is InChI=1S/C16H15F/c1-2-11-3-7-15-12(9-11)4-5-13-10-14(17)6-8-16(13)15/h3,6-10H,2,4-5H2,1H3. The highest BCUT2D eigenvalue weighted by molar-refractivity contribution is 5.73. The Bertz CT molecular complexity index is 570. The number of hydrogen-bond donors (Lipinski definition) is 0. The number of aryl methyl sites for hydroxylation is 3. The van der Waals surface area contributed by atoms with E-state index >= 15 is 0 Å². The van der Waals surface area contributed by atoms with Gasteiger partial charge in [-0.2, -0.15) is 0 Å². The molecule has 0 heterocycles. The molecule has 0 aliphatic heterocycles. The lowest BCUT2D eigenvalue weighted by atomic mass is 9.84. The van der Waals surface area contributed by atoms with E-state index < -0.39 is 0 Å². The molecule has 0 saturated carbocycles. The zero-order valence-electron chi connectivity index (χ0n) is 9.96. The summed E-state index contributed by atoms with van der Waals surface area (Å²) < 4.78 is 13.2. The Morgan fingerprint density at radius 1 is 0.941 bits per heavy atom. The molecule has 1 aliphatic rings. The third-order valence-electron chi connectivity index (χ3n) is 3.60. The maximum Gasteiger partial charge on any atom is 0.123 e. The number of halogens is 1. The van der Waals surface area contributed by atoms with E-state index in [4.69, 9.17) is 0 Å². The van der Waals surface area contributed by atoms with Crippen LogP contribution in [0.5, 0.6) is 0 Å². The van der Waals surface area contributed by atoms with Crippen molar-refractivity contribution in [3.05, 3.63) is 58.9 Å². The molecule has 0 atom stereocenters. The minimum absolute atomic E-state index is 0.127. The van der Waals surface area contributed by atoms with Crippen molar-refractivity contribution in [3.8, 4) is 11.1 Å². The van der Waals surface area contributed by atoms with Crippen molar-refractivity contribution in [2.45, 2.75) is 26.2 Å². The number of fused-ring (bicyclic) bond motifs is 3. The summed E-state index contributed by atoms with van der Waals surface area (Å²) in [5.74, 6) is -0.127. The van der Waals surface area contributed by atoms with Gasteiger partial charge in [0, 0.05) is 0 Å². The average Bonchev–Trinajstić information content (AvgIpc) is 2.37. The molecule has 0 aromatic heterocycles. The second-order valence-corrected chi connectivity index (χ2v) is 4.65. The maximum atomic E-state index is 13.2. The highest BCUT2D eigenvalue weighted by atomic mass is 19.1. The largest absolute Gasteiger partial charge is 0.207 e. The quantitative estimate of drug-likeness (QED) is 0.685. The topological polar surface area (TPSA) is 0 Å². The first kappa shape index (κ1) is 10.5. The lowest BCUT2D eigenvalue weighted by Crippen LogP contribution is -2.05. The van der Waals surface area contributed by atoms with Crippen LogP contribution in [-0.4, -0.2) is 0 Å². The molecule has 0 fully saturated rings. The van der Waals surface area contributed by atoms with Crippen molar-refractivity contribution in [2.75, 3.05) is 0 Å². The predicted octanol–water partition coefficient (Wildman–Crippen LogP) is 4.15. The van der Waals surface area contributed by atoms with Gasteiger partial charge in [0.15, 0.2) is 0 Å². The molecule has 0 radical (unpaired) electrons. The number of benzene rings is 2. The van der Waals surface area contributed by atoms with Gasteiger partial charge in [0.05, 0.1) is 0 Å². The Hall–Kier alpha value is -1.63. The molecular weight excluding hydrogens is 211 g/mol. The van der Waals surface area contributed by atoms with Crippen molar-refractivity contribution >= 4 is 0 Å². The van der Waals surface area contributed by atoms with Gasteiger partial charge in [-0.25, -0.2) is 4.39 Å². The summed E-state index contributed by atoms with van der Waals surface area (Å²) in [6, 6.07) is 11.8. The van der Waals surface area contributed by atoms with Gasteiger partial charge in [-0.15, -0.1) is 0 Å². The Morgan fingerprint density at radius 3 is 2.29 bits per heavy atom. The molecule has 17 heavy (non-hydrogen) atoms. The van der Waals surface area contributed by atoms with E-state index in [1.807, 2.05) is 6.07 Å². The van der Waals surface area contributed by atoms with Crippen LogP contribution in [-0.2, 0) is 19.3 Å². The molecule has 0 spiro atoms. The Balaban J connectivity index is 2.16. The zero-order valence-corrected chi connectivity index (χ0v) is 9.96. The van der Waals surface area contributed by atoms with Gasteiger partial charge >= 0.3 is 0 Å². The van der Waals surface area contributed by atoms with E-state index in [1.165, 1.54) is 22.3 Å². The van der Waals surface area contributed by atoms with Crippen LogP contribution in [0, 0.1) is 5.82 Å². The first-order valence-electron chi connectivity index (χ1n) is 6.18. The zero-order chi connectivity index (χ0) is 11.8.